The minimum Gasteiger partial charge on any atom is -0.508 e. The molecular formula is C28H29N3O7. The van der Waals surface area contributed by atoms with Gasteiger partial charge in [-0.2, -0.15) is 0 Å². The topological polar surface area (TPSA) is 137 Å². The lowest BCUT2D eigenvalue weighted by atomic mass is 9.85. The van der Waals surface area contributed by atoms with Crippen molar-refractivity contribution in [1.29, 1.82) is 0 Å². The average molecular weight is 520 g/mol. The number of carbonyl (C=O) groups excluding carboxylic acids is 3. The molecule has 0 spiro atoms. The smallest absolute Gasteiger partial charge is 0.355 e. The largest absolute Gasteiger partial charge is 0.508 e. The van der Waals surface area contributed by atoms with E-state index in [0.717, 1.165) is 16.5 Å². The van der Waals surface area contributed by atoms with E-state index in [2.05, 4.69) is 5.32 Å². The molecular weight excluding hydrogens is 490 g/mol. The Morgan fingerprint density at radius 3 is 2.66 bits per heavy atom. The molecule has 0 unspecified atom stereocenters. The Labute approximate surface area is 218 Å². The Balaban J connectivity index is 1.67. The van der Waals surface area contributed by atoms with Gasteiger partial charge in [0.1, 0.15) is 18.4 Å². The molecule has 0 saturated carbocycles. The fraction of sp³-hybridized carbons (Fsp3) is 0.393. The third-order valence-corrected chi connectivity index (χ3v) is 7.44. The zero-order chi connectivity index (χ0) is 27.4. The van der Waals surface area contributed by atoms with Crippen LogP contribution in [0.1, 0.15) is 62.8 Å². The number of nitrogens with zero attached hydrogens (tertiary/aromatic N) is 2. The molecule has 0 radical (unpaired) electrons. The van der Waals surface area contributed by atoms with Gasteiger partial charge in [0.2, 0.25) is 11.5 Å². The summed E-state index contributed by atoms with van der Waals surface area (Å²) < 4.78 is 12.8. The molecule has 10 nitrogen and oxygen atoms in total. The van der Waals surface area contributed by atoms with Gasteiger partial charge in [-0.1, -0.05) is 20.8 Å². The highest BCUT2D eigenvalue weighted by Crippen LogP contribution is 2.42. The Hall–Kier alpha value is -4.21. The van der Waals surface area contributed by atoms with Crippen molar-refractivity contribution >= 4 is 28.7 Å². The van der Waals surface area contributed by atoms with Crippen molar-refractivity contribution < 1.29 is 29.0 Å². The molecule has 0 fully saturated rings. The summed E-state index contributed by atoms with van der Waals surface area (Å²) in [4.78, 5) is 56.5. The van der Waals surface area contributed by atoms with Crippen LogP contribution in [0.5, 0.6) is 5.75 Å². The van der Waals surface area contributed by atoms with Crippen molar-refractivity contribution in [1.82, 2.24) is 14.9 Å². The highest BCUT2D eigenvalue weighted by atomic mass is 16.6. The van der Waals surface area contributed by atoms with Crippen molar-refractivity contribution in [3.05, 3.63) is 56.9 Å². The van der Waals surface area contributed by atoms with Crippen molar-refractivity contribution in [2.24, 2.45) is 0 Å². The van der Waals surface area contributed by atoms with E-state index in [-0.39, 0.29) is 54.3 Å². The molecule has 1 amide bonds. The summed E-state index contributed by atoms with van der Waals surface area (Å²) in [7, 11) is 0. The van der Waals surface area contributed by atoms with Gasteiger partial charge in [-0.3, -0.25) is 9.59 Å². The van der Waals surface area contributed by atoms with Crippen LogP contribution < -0.4 is 10.9 Å². The molecule has 10 heteroatoms. The number of phenols is 1. The van der Waals surface area contributed by atoms with Crippen LogP contribution >= 0.6 is 0 Å². The number of ether oxygens (including phenoxy) is 2. The fourth-order valence-corrected chi connectivity index (χ4v) is 5.37. The molecule has 0 saturated heterocycles. The first-order chi connectivity index (χ1) is 18.1. The predicted octanol–water partition coefficient (Wildman–Crippen LogP) is 2.81. The van der Waals surface area contributed by atoms with E-state index in [1.54, 1.807) is 42.7 Å². The van der Waals surface area contributed by atoms with Crippen LogP contribution in [-0.4, -0.2) is 38.5 Å². The highest BCUT2D eigenvalue weighted by Gasteiger charge is 2.51. The lowest BCUT2D eigenvalue weighted by Crippen LogP contribution is -2.50. The molecule has 2 aromatic heterocycles. The number of nitrogens with one attached hydrogen (secondary N) is 1. The maximum Gasteiger partial charge on any atom is 0.355 e. The number of esters is 2. The van der Waals surface area contributed by atoms with Gasteiger partial charge in [-0.05, 0) is 49.6 Å². The molecule has 2 N–H and O–H groups in total. The summed E-state index contributed by atoms with van der Waals surface area (Å²) in [5.41, 5.74) is 1.96. The van der Waals surface area contributed by atoms with Crippen LogP contribution in [0.4, 0.5) is 0 Å². The van der Waals surface area contributed by atoms with E-state index in [1.165, 1.54) is 6.92 Å². The molecule has 1 aromatic carbocycles. The molecule has 2 aliphatic heterocycles. The van der Waals surface area contributed by atoms with Gasteiger partial charge in [-0.25, -0.2) is 14.6 Å². The number of aromatic hydroxyl groups is 1. The van der Waals surface area contributed by atoms with Gasteiger partial charge in [-0.15, -0.1) is 0 Å². The zero-order valence-electron chi connectivity index (χ0n) is 21.7. The molecule has 4 heterocycles. The Kier molecular flexibility index (Phi) is 6.21. The van der Waals surface area contributed by atoms with Gasteiger partial charge in [0.15, 0.2) is 0 Å². The number of pyridine rings is 2. The summed E-state index contributed by atoms with van der Waals surface area (Å²) in [6.45, 7) is 6.85. The molecule has 0 bridgehead atoms. The van der Waals surface area contributed by atoms with Crippen molar-refractivity contribution in [3.63, 3.8) is 0 Å². The Bertz CT molecular complexity index is 1580. The van der Waals surface area contributed by atoms with Gasteiger partial charge < -0.3 is 24.5 Å². The van der Waals surface area contributed by atoms with Crippen LogP contribution in [0.2, 0.25) is 0 Å². The number of rotatable bonds is 6. The first-order valence-corrected chi connectivity index (χ1v) is 12.8. The molecule has 2 aliphatic rings. The van der Waals surface area contributed by atoms with Gasteiger partial charge in [0.05, 0.1) is 29.0 Å². The second-order valence-corrected chi connectivity index (χ2v) is 9.61. The number of amides is 1. The molecule has 0 aliphatic carbocycles. The van der Waals surface area contributed by atoms with E-state index >= 15 is 0 Å². The number of hydrogen-bond acceptors (Lipinski definition) is 8. The standard InChI is InChI=1S/C28H29N3O7/c1-5-16-17-10-15(32)8-9-21(17)30-24-18(16)12-31-22(24)11-20-19(25(31)34)13-37-27(36)28(20,7-3)38-26(35)14(4)29-23(33)6-2/h8-11,14,32H,5-7,12-13H2,1-4H3,(H,29,33)/t14-,28-/m0/s1. The van der Waals surface area contributed by atoms with Crippen molar-refractivity contribution in [2.75, 3.05) is 0 Å². The lowest BCUT2D eigenvalue weighted by Gasteiger charge is -2.36. The van der Waals surface area contributed by atoms with Gasteiger partial charge in [0.25, 0.3) is 5.56 Å². The molecule has 3 aromatic rings. The van der Waals surface area contributed by atoms with E-state index in [1.807, 2.05) is 6.92 Å². The number of aryl methyl sites for hydroxylation is 1. The van der Waals surface area contributed by atoms with E-state index in [9.17, 15) is 24.3 Å². The number of fused-ring (bicyclic) bond motifs is 5. The zero-order valence-corrected chi connectivity index (χ0v) is 21.7. The summed E-state index contributed by atoms with van der Waals surface area (Å²) in [6.07, 6.45) is 0.872. The summed E-state index contributed by atoms with van der Waals surface area (Å²) in [6, 6.07) is 5.66. The van der Waals surface area contributed by atoms with Gasteiger partial charge >= 0.3 is 11.9 Å². The number of phenolic OH excluding ortho intramolecular Hbond substituents is 1. The SMILES string of the molecule is CCC(=O)N[C@@H](C)C(=O)O[C@]1(CC)C(=O)OCc2c1cc1n(c2=O)Cc2c-1nc1ccc(O)cc1c2CC. The molecule has 2 atom stereocenters. The van der Waals surface area contributed by atoms with Crippen LogP contribution in [0, 0.1) is 0 Å². The second-order valence-electron chi connectivity index (χ2n) is 9.61. The molecule has 5 rings (SSSR count). The third-order valence-electron chi connectivity index (χ3n) is 7.44. The molecule has 38 heavy (non-hydrogen) atoms. The third kappa shape index (κ3) is 3.74. The minimum atomic E-state index is -1.84. The summed E-state index contributed by atoms with van der Waals surface area (Å²) >= 11 is 0. The Morgan fingerprint density at radius 2 is 1.97 bits per heavy atom. The fourth-order valence-electron chi connectivity index (χ4n) is 5.37. The number of carbonyl (C=O) groups is 3. The van der Waals surface area contributed by atoms with Crippen molar-refractivity contribution in [2.45, 2.75) is 71.8 Å². The number of cyclic esters (lactones) is 1. The first-order valence-electron chi connectivity index (χ1n) is 12.8. The van der Waals surface area contributed by atoms with Crippen molar-refractivity contribution in [3.8, 4) is 17.1 Å². The summed E-state index contributed by atoms with van der Waals surface area (Å²) in [5, 5.41) is 13.4. The van der Waals surface area contributed by atoms with Gasteiger partial charge in [0, 0.05) is 22.9 Å². The first kappa shape index (κ1) is 25.4. The number of hydrogen-bond donors (Lipinski definition) is 2. The number of aromatic nitrogens is 2. The average Bonchev–Trinajstić information content (AvgIpc) is 3.27. The normalized spacial score (nSPS) is 18.3. The predicted molar refractivity (Wildman–Crippen MR) is 137 cm³/mol. The van der Waals surface area contributed by atoms with Crippen LogP contribution in [0.15, 0.2) is 29.1 Å². The van der Waals surface area contributed by atoms with E-state index in [0.29, 0.717) is 23.3 Å². The monoisotopic (exact) mass is 519 g/mol. The second kappa shape index (κ2) is 9.27. The van der Waals surface area contributed by atoms with E-state index < -0.39 is 23.6 Å². The Morgan fingerprint density at radius 1 is 1.21 bits per heavy atom. The van der Waals surface area contributed by atoms with E-state index in [4.69, 9.17) is 14.5 Å². The quantitative estimate of drug-likeness (QED) is 0.371. The maximum atomic E-state index is 13.7. The lowest BCUT2D eigenvalue weighted by molar-refractivity contribution is -0.190. The minimum absolute atomic E-state index is 0.0272. The maximum absolute atomic E-state index is 13.7. The molecule has 198 valence electrons. The summed E-state index contributed by atoms with van der Waals surface area (Å²) in [5.74, 6) is -1.78. The highest BCUT2D eigenvalue weighted by molar-refractivity contribution is 5.91. The number of benzene rings is 1. The van der Waals surface area contributed by atoms with Crippen LogP contribution in [0.3, 0.4) is 0 Å². The van der Waals surface area contributed by atoms with Crippen LogP contribution in [-0.2, 0) is 49.0 Å². The van der Waals surface area contributed by atoms with Crippen LogP contribution in [0.25, 0.3) is 22.3 Å².